The Labute approximate surface area is 140 Å². The maximum absolute atomic E-state index is 12.7. The van der Waals surface area contributed by atoms with Crippen LogP contribution in [-0.2, 0) is 0 Å². The average Bonchev–Trinajstić information content (AvgIpc) is 2.60. The lowest BCUT2D eigenvalue weighted by molar-refractivity contribution is 0.0693. The van der Waals surface area contributed by atoms with E-state index in [4.69, 9.17) is 0 Å². The van der Waals surface area contributed by atoms with E-state index in [2.05, 4.69) is 6.07 Å². The van der Waals surface area contributed by atoms with Gasteiger partial charge in [0.25, 0.3) is 0 Å². The fourth-order valence-electron chi connectivity index (χ4n) is 2.68. The van der Waals surface area contributed by atoms with Crippen molar-refractivity contribution in [1.29, 1.82) is 0 Å². The quantitative estimate of drug-likeness (QED) is 0.742. The van der Waals surface area contributed by atoms with Crippen LogP contribution in [0.1, 0.15) is 26.3 Å². The number of nitrogens with zero attached hydrogens (tertiary/aromatic N) is 1. The summed E-state index contributed by atoms with van der Waals surface area (Å²) in [4.78, 5) is 26.0. The van der Waals surface area contributed by atoms with Crippen LogP contribution in [0.3, 0.4) is 0 Å². The lowest BCUT2D eigenvalue weighted by atomic mass is 9.96. The monoisotopic (exact) mass is 319 g/mol. The van der Waals surface area contributed by atoms with E-state index in [1.165, 1.54) is 6.07 Å². The van der Waals surface area contributed by atoms with Crippen LogP contribution in [0, 0.1) is 0 Å². The van der Waals surface area contributed by atoms with Crippen molar-refractivity contribution in [3.63, 3.8) is 0 Å². The molecular weight excluding hydrogens is 302 g/mol. The smallest absolute Gasteiger partial charge is 0.336 e. The Morgan fingerprint density at radius 3 is 2.12 bits per heavy atom. The Bertz CT molecular complexity index is 945. The molecule has 0 atom stereocenters. The maximum atomic E-state index is 12.7. The van der Waals surface area contributed by atoms with Gasteiger partial charge in [0.05, 0.1) is 5.56 Å². The van der Waals surface area contributed by atoms with Crippen LogP contribution in [-0.4, -0.2) is 31.0 Å². The number of carbonyl (C=O) groups excluding carboxylic acids is 1. The molecule has 0 aromatic heterocycles. The molecule has 0 heterocycles. The molecule has 3 rings (SSSR count). The van der Waals surface area contributed by atoms with Crippen molar-refractivity contribution >= 4 is 28.2 Å². The highest BCUT2D eigenvalue weighted by Crippen LogP contribution is 2.24. The lowest BCUT2D eigenvalue weighted by Gasteiger charge is -2.13. The average molecular weight is 319 g/mol. The summed E-state index contributed by atoms with van der Waals surface area (Å²) < 4.78 is 0. The first-order valence-electron chi connectivity index (χ1n) is 7.55. The molecule has 0 aliphatic heterocycles. The molecule has 4 nitrogen and oxygen atoms in total. The lowest BCUT2D eigenvalue weighted by Crippen LogP contribution is -2.09. The third-order valence-corrected chi connectivity index (χ3v) is 4.00. The van der Waals surface area contributed by atoms with E-state index >= 15 is 0 Å². The van der Waals surface area contributed by atoms with Crippen LogP contribution in [0.15, 0.2) is 60.7 Å². The molecule has 3 aromatic carbocycles. The van der Waals surface area contributed by atoms with Gasteiger partial charge in [-0.05, 0) is 35.0 Å². The van der Waals surface area contributed by atoms with Gasteiger partial charge in [0.15, 0.2) is 5.78 Å². The first-order valence-corrected chi connectivity index (χ1v) is 7.55. The Morgan fingerprint density at radius 1 is 0.833 bits per heavy atom. The minimum Gasteiger partial charge on any atom is -0.478 e. The zero-order chi connectivity index (χ0) is 17.3. The first-order chi connectivity index (χ1) is 11.5. The number of benzene rings is 3. The van der Waals surface area contributed by atoms with Crippen molar-refractivity contribution in [2.75, 3.05) is 19.0 Å². The zero-order valence-corrected chi connectivity index (χ0v) is 13.5. The first kappa shape index (κ1) is 15.7. The number of carboxylic acid groups (broad SMARTS) is 1. The molecule has 24 heavy (non-hydrogen) atoms. The highest BCUT2D eigenvalue weighted by Gasteiger charge is 2.17. The number of rotatable bonds is 4. The fourth-order valence-corrected chi connectivity index (χ4v) is 2.68. The van der Waals surface area contributed by atoms with Crippen molar-refractivity contribution < 1.29 is 14.7 Å². The Balaban J connectivity index is 2.05. The Hall–Kier alpha value is -3.14. The molecule has 0 amide bonds. The number of anilines is 1. The molecule has 0 unspecified atom stereocenters. The third-order valence-electron chi connectivity index (χ3n) is 4.00. The number of ketones is 1. The standard InChI is InChI=1S/C20H17NO3/c1-21(2)16-10-9-13-11-15(8-7-14(13)12-16)19(22)17-5-3-4-6-18(17)20(23)24/h3-12H,1-2H3,(H,23,24). The van der Waals surface area contributed by atoms with E-state index in [0.29, 0.717) is 5.56 Å². The fraction of sp³-hybridized carbons (Fsp3) is 0.100. The van der Waals surface area contributed by atoms with E-state index in [-0.39, 0.29) is 16.9 Å². The molecule has 120 valence electrons. The summed E-state index contributed by atoms with van der Waals surface area (Å²) in [7, 11) is 3.95. The summed E-state index contributed by atoms with van der Waals surface area (Å²) >= 11 is 0. The van der Waals surface area contributed by atoms with Crippen LogP contribution in [0.4, 0.5) is 5.69 Å². The van der Waals surface area contributed by atoms with Crippen LogP contribution in [0.5, 0.6) is 0 Å². The van der Waals surface area contributed by atoms with Crippen molar-refractivity contribution in [3.05, 3.63) is 77.4 Å². The molecule has 0 saturated carbocycles. The van der Waals surface area contributed by atoms with Crippen LogP contribution < -0.4 is 4.90 Å². The predicted molar refractivity (Wildman–Crippen MR) is 95.1 cm³/mol. The van der Waals surface area contributed by atoms with E-state index in [1.807, 2.05) is 37.2 Å². The number of hydrogen-bond acceptors (Lipinski definition) is 3. The van der Waals surface area contributed by atoms with Gasteiger partial charge < -0.3 is 10.0 Å². The largest absolute Gasteiger partial charge is 0.478 e. The van der Waals surface area contributed by atoms with E-state index in [1.54, 1.807) is 30.3 Å². The SMILES string of the molecule is CN(C)c1ccc2cc(C(=O)c3ccccc3C(=O)O)ccc2c1. The predicted octanol–water partition coefficient (Wildman–Crippen LogP) is 3.84. The highest BCUT2D eigenvalue weighted by atomic mass is 16.4. The zero-order valence-electron chi connectivity index (χ0n) is 13.5. The molecule has 0 aliphatic carbocycles. The molecule has 0 fully saturated rings. The molecular formula is C20H17NO3. The molecule has 0 saturated heterocycles. The topological polar surface area (TPSA) is 57.6 Å². The summed E-state index contributed by atoms with van der Waals surface area (Å²) in [5, 5.41) is 11.2. The van der Waals surface area contributed by atoms with Gasteiger partial charge in [-0.15, -0.1) is 0 Å². The van der Waals surface area contributed by atoms with Crippen molar-refractivity contribution in [2.24, 2.45) is 0 Å². The van der Waals surface area contributed by atoms with Crippen molar-refractivity contribution in [3.8, 4) is 0 Å². The molecule has 4 heteroatoms. The second-order valence-corrected chi connectivity index (χ2v) is 5.82. The van der Waals surface area contributed by atoms with Crippen molar-refractivity contribution in [2.45, 2.75) is 0 Å². The van der Waals surface area contributed by atoms with Crippen LogP contribution in [0.2, 0.25) is 0 Å². The van der Waals surface area contributed by atoms with Gasteiger partial charge in [0.1, 0.15) is 0 Å². The summed E-state index contributed by atoms with van der Waals surface area (Å²) in [5.41, 5.74) is 1.78. The Kier molecular flexibility index (Phi) is 4.04. The van der Waals surface area contributed by atoms with E-state index in [9.17, 15) is 14.7 Å². The molecule has 0 aliphatic rings. The number of carbonyl (C=O) groups is 2. The number of aromatic carboxylic acids is 1. The van der Waals surface area contributed by atoms with Gasteiger partial charge in [-0.25, -0.2) is 4.79 Å². The highest BCUT2D eigenvalue weighted by molar-refractivity contribution is 6.15. The second kappa shape index (κ2) is 6.16. The van der Waals surface area contributed by atoms with Crippen LogP contribution in [0.25, 0.3) is 10.8 Å². The maximum Gasteiger partial charge on any atom is 0.336 e. The number of fused-ring (bicyclic) bond motifs is 1. The van der Waals surface area contributed by atoms with Gasteiger partial charge in [-0.1, -0.05) is 36.4 Å². The minimum atomic E-state index is -1.10. The van der Waals surface area contributed by atoms with Gasteiger partial charge in [0, 0.05) is 30.9 Å². The van der Waals surface area contributed by atoms with Gasteiger partial charge in [0.2, 0.25) is 0 Å². The summed E-state index contributed by atoms with van der Waals surface area (Å²) in [5.74, 6) is -1.39. The molecule has 0 spiro atoms. The summed E-state index contributed by atoms with van der Waals surface area (Å²) in [6, 6.07) is 17.7. The second-order valence-electron chi connectivity index (χ2n) is 5.82. The molecule has 0 radical (unpaired) electrons. The Morgan fingerprint density at radius 2 is 1.46 bits per heavy atom. The number of carboxylic acids is 1. The van der Waals surface area contributed by atoms with Gasteiger partial charge in [-0.3, -0.25) is 4.79 Å². The van der Waals surface area contributed by atoms with E-state index < -0.39 is 5.97 Å². The molecule has 3 aromatic rings. The van der Waals surface area contributed by atoms with Gasteiger partial charge in [-0.2, -0.15) is 0 Å². The minimum absolute atomic E-state index is 0.0190. The van der Waals surface area contributed by atoms with E-state index in [0.717, 1.165) is 16.5 Å². The van der Waals surface area contributed by atoms with Crippen LogP contribution >= 0.6 is 0 Å². The molecule has 0 bridgehead atoms. The summed E-state index contributed by atoms with van der Waals surface area (Å²) in [6.07, 6.45) is 0. The normalized spacial score (nSPS) is 10.6. The van der Waals surface area contributed by atoms with Gasteiger partial charge >= 0.3 is 5.97 Å². The van der Waals surface area contributed by atoms with Crippen molar-refractivity contribution in [1.82, 2.24) is 0 Å². The third kappa shape index (κ3) is 2.86. The molecule has 1 N–H and O–H groups in total. The number of hydrogen-bond donors (Lipinski definition) is 1. The summed E-state index contributed by atoms with van der Waals surface area (Å²) in [6.45, 7) is 0.